The fraction of sp³-hybridized carbons (Fsp3) is 0.348. The summed E-state index contributed by atoms with van der Waals surface area (Å²) >= 11 is 0. The smallest absolute Gasteiger partial charge is 0.415 e. The molecule has 1 fully saturated rings. The largest absolute Gasteiger partial charge is 0.495 e. The molecule has 0 N–H and O–H groups in total. The lowest BCUT2D eigenvalue weighted by Crippen LogP contribution is -2.43. The van der Waals surface area contributed by atoms with E-state index in [0.29, 0.717) is 5.75 Å². The van der Waals surface area contributed by atoms with E-state index in [1.165, 1.54) is 0 Å². The van der Waals surface area contributed by atoms with E-state index in [1.54, 1.807) is 14.2 Å². The average molecular weight is 379 g/mol. The van der Waals surface area contributed by atoms with Gasteiger partial charge in [0.25, 0.3) is 0 Å². The van der Waals surface area contributed by atoms with E-state index in [9.17, 15) is 4.79 Å². The first-order valence-corrected chi connectivity index (χ1v) is 9.69. The van der Waals surface area contributed by atoms with E-state index in [4.69, 9.17) is 14.2 Å². The van der Waals surface area contributed by atoms with Crippen LogP contribution in [0.1, 0.15) is 26.2 Å². The zero-order valence-corrected chi connectivity index (χ0v) is 16.5. The van der Waals surface area contributed by atoms with E-state index in [2.05, 4.69) is 6.92 Å². The van der Waals surface area contributed by atoms with Gasteiger partial charge in [-0.1, -0.05) is 24.3 Å². The number of carbonyl (C=O) groups is 1. The number of fused-ring (bicyclic) bond motifs is 2. The molecule has 0 saturated carbocycles. The Morgan fingerprint density at radius 3 is 2.21 bits per heavy atom. The van der Waals surface area contributed by atoms with Crippen molar-refractivity contribution in [1.82, 2.24) is 4.90 Å². The summed E-state index contributed by atoms with van der Waals surface area (Å²) in [4.78, 5) is 14.5. The standard InChI is InChI=1S/C23H25NO4/c1-15-8-6-7-13-24(15)23(25)28-16-11-12-19-20(14-16)22(27-3)18-10-5-4-9-17(18)21(19)26-2/h4-5,9-12,14-15H,6-8,13H2,1-3H3. The molecule has 1 aliphatic heterocycles. The summed E-state index contributed by atoms with van der Waals surface area (Å²) in [6.07, 6.45) is 2.90. The highest BCUT2D eigenvalue weighted by Gasteiger charge is 2.25. The lowest BCUT2D eigenvalue weighted by molar-refractivity contribution is 0.118. The van der Waals surface area contributed by atoms with Gasteiger partial charge in [-0.3, -0.25) is 0 Å². The fourth-order valence-corrected chi connectivity index (χ4v) is 4.11. The highest BCUT2D eigenvalue weighted by atomic mass is 16.6. The molecule has 1 saturated heterocycles. The summed E-state index contributed by atoms with van der Waals surface area (Å²) in [5.41, 5.74) is 0. The lowest BCUT2D eigenvalue weighted by Gasteiger charge is -2.32. The van der Waals surface area contributed by atoms with Crippen molar-refractivity contribution in [3.8, 4) is 17.2 Å². The maximum atomic E-state index is 12.7. The molecule has 0 spiro atoms. The second-order valence-corrected chi connectivity index (χ2v) is 7.23. The molecule has 4 rings (SSSR count). The van der Waals surface area contributed by atoms with Gasteiger partial charge in [0, 0.05) is 34.1 Å². The summed E-state index contributed by atoms with van der Waals surface area (Å²) in [6.45, 7) is 2.82. The van der Waals surface area contributed by atoms with Crippen molar-refractivity contribution in [3.05, 3.63) is 42.5 Å². The summed E-state index contributed by atoms with van der Waals surface area (Å²) in [7, 11) is 3.32. The van der Waals surface area contributed by atoms with Crippen LogP contribution in [0.3, 0.4) is 0 Å². The van der Waals surface area contributed by atoms with Crippen LogP contribution in [-0.2, 0) is 0 Å². The van der Waals surface area contributed by atoms with Crippen molar-refractivity contribution in [3.63, 3.8) is 0 Å². The Morgan fingerprint density at radius 1 is 0.929 bits per heavy atom. The van der Waals surface area contributed by atoms with Gasteiger partial charge in [0.1, 0.15) is 17.2 Å². The molecule has 28 heavy (non-hydrogen) atoms. The number of hydrogen-bond donors (Lipinski definition) is 0. The van der Waals surface area contributed by atoms with E-state index in [-0.39, 0.29) is 12.1 Å². The minimum Gasteiger partial charge on any atom is -0.495 e. The maximum Gasteiger partial charge on any atom is 0.415 e. The van der Waals surface area contributed by atoms with Crippen LogP contribution in [0.4, 0.5) is 4.79 Å². The van der Waals surface area contributed by atoms with Crippen LogP contribution in [0.25, 0.3) is 21.5 Å². The third kappa shape index (κ3) is 3.11. The van der Waals surface area contributed by atoms with Crippen molar-refractivity contribution in [2.75, 3.05) is 20.8 Å². The van der Waals surface area contributed by atoms with Gasteiger partial charge >= 0.3 is 6.09 Å². The number of likely N-dealkylation sites (tertiary alicyclic amines) is 1. The Morgan fingerprint density at radius 2 is 1.57 bits per heavy atom. The molecule has 1 heterocycles. The zero-order valence-electron chi connectivity index (χ0n) is 16.5. The van der Waals surface area contributed by atoms with Crippen LogP contribution in [0, 0.1) is 0 Å². The van der Waals surface area contributed by atoms with Crippen LogP contribution in [0.2, 0.25) is 0 Å². The van der Waals surface area contributed by atoms with Gasteiger partial charge in [0.15, 0.2) is 0 Å². The van der Waals surface area contributed by atoms with Crippen LogP contribution in [0.15, 0.2) is 42.5 Å². The van der Waals surface area contributed by atoms with Crippen molar-refractivity contribution < 1.29 is 19.0 Å². The molecule has 5 heteroatoms. The molecule has 0 aromatic heterocycles. The molecule has 146 valence electrons. The second kappa shape index (κ2) is 7.58. The zero-order chi connectivity index (χ0) is 19.7. The van der Waals surface area contributed by atoms with Gasteiger partial charge in [0.2, 0.25) is 0 Å². The van der Waals surface area contributed by atoms with E-state index >= 15 is 0 Å². The van der Waals surface area contributed by atoms with Gasteiger partial charge in [-0.05, 0) is 44.4 Å². The number of hydrogen-bond acceptors (Lipinski definition) is 4. The normalized spacial score (nSPS) is 17.0. The topological polar surface area (TPSA) is 48.0 Å². The lowest BCUT2D eigenvalue weighted by atomic mass is 10.0. The Kier molecular flexibility index (Phi) is 4.99. The minimum absolute atomic E-state index is 0.209. The minimum atomic E-state index is -0.293. The predicted octanol–water partition coefficient (Wildman–Crippen LogP) is 5.38. The number of piperidine rings is 1. The first-order chi connectivity index (χ1) is 13.6. The fourth-order valence-electron chi connectivity index (χ4n) is 4.11. The molecule has 1 aliphatic rings. The Bertz CT molecular complexity index is 1030. The molecule has 1 amide bonds. The van der Waals surface area contributed by atoms with Gasteiger partial charge in [0.05, 0.1) is 14.2 Å². The number of nitrogens with zero attached hydrogens (tertiary/aromatic N) is 1. The van der Waals surface area contributed by atoms with Crippen LogP contribution < -0.4 is 14.2 Å². The first-order valence-electron chi connectivity index (χ1n) is 9.69. The summed E-state index contributed by atoms with van der Waals surface area (Å²) in [5.74, 6) is 2.04. The van der Waals surface area contributed by atoms with Gasteiger partial charge in [-0.2, -0.15) is 0 Å². The molecular weight excluding hydrogens is 354 g/mol. The van der Waals surface area contributed by atoms with E-state index < -0.39 is 0 Å². The summed E-state index contributed by atoms with van der Waals surface area (Å²) in [6, 6.07) is 13.8. The molecule has 1 unspecified atom stereocenters. The first kappa shape index (κ1) is 18.4. The molecule has 0 radical (unpaired) electrons. The average Bonchev–Trinajstić information content (AvgIpc) is 2.72. The Hall–Kier alpha value is -2.95. The Labute approximate surface area is 164 Å². The van der Waals surface area contributed by atoms with Gasteiger partial charge in [-0.25, -0.2) is 4.79 Å². The molecule has 1 atom stereocenters. The van der Waals surface area contributed by atoms with Crippen LogP contribution in [-0.4, -0.2) is 37.8 Å². The summed E-state index contributed by atoms with van der Waals surface area (Å²) < 4.78 is 17.1. The molecule has 0 bridgehead atoms. The van der Waals surface area contributed by atoms with Crippen LogP contribution >= 0.6 is 0 Å². The third-order valence-corrected chi connectivity index (χ3v) is 5.55. The SMILES string of the molecule is COc1c2ccccc2c(OC)c2cc(OC(=O)N3CCCCC3C)ccc12. The predicted molar refractivity (Wildman–Crippen MR) is 111 cm³/mol. The van der Waals surface area contributed by atoms with Gasteiger partial charge < -0.3 is 19.1 Å². The molecule has 0 aliphatic carbocycles. The maximum absolute atomic E-state index is 12.7. The number of benzene rings is 3. The summed E-state index contributed by atoms with van der Waals surface area (Å²) in [5, 5.41) is 3.72. The van der Waals surface area contributed by atoms with Crippen molar-refractivity contribution >= 4 is 27.6 Å². The van der Waals surface area contributed by atoms with Crippen molar-refractivity contribution in [2.45, 2.75) is 32.2 Å². The molecule has 3 aromatic carbocycles. The molecule has 3 aromatic rings. The second-order valence-electron chi connectivity index (χ2n) is 7.23. The van der Waals surface area contributed by atoms with Crippen LogP contribution in [0.5, 0.6) is 17.2 Å². The highest BCUT2D eigenvalue weighted by Crippen LogP contribution is 2.43. The van der Waals surface area contributed by atoms with Gasteiger partial charge in [-0.15, -0.1) is 0 Å². The number of amides is 1. The number of rotatable bonds is 3. The monoisotopic (exact) mass is 379 g/mol. The third-order valence-electron chi connectivity index (χ3n) is 5.55. The molecule has 5 nitrogen and oxygen atoms in total. The van der Waals surface area contributed by atoms with E-state index in [0.717, 1.165) is 58.9 Å². The molecular formula is C23H25NO4. The van der Waals surface area contributed by atoms with Crippen molar-refractivity contribution in [1.29, 1.82) is 0 Å². The highest BCUT2D eigenvalue weighted by molar-refractivity contribution is 6.11. The number of carbonyl (C=O) groups excluding carboxylic acids is 1. The quantitative estimate of drug-likeness (QED) is 0.573. The Balaban J connectivity index is 1.78. The van der Waals surface area contributed by atoms with Crippen molar-refractivity contribution in [2.24, 2.45) is 0 Å². The van der Waals surface area contributed by atoms with E-state index in [1.807, 2.05) is 47.4 Å². The number of methoxy groups -OCH3 is 2. The number of ether oxygens (including phenoxy) is 3.